The van der Waals surface area contributed by atoms with E-state index in [1.54, 1.807) is 18.3 Å². The number of aromatic nitrogens is 1. The average molecular weight is 480 g/mol. The van der Waals surface area contributed by atoms with Gasteiger partial charge in [-0.1, -0.05) is 0 Å². The number of alkyl halides is 1. The fourth-order valence-corrected chi connectivity index (χ4v) is 6.58. The third-order valence-corrected chi connectivity index (χ3v) is 8.37. The van der Waals surface area contributed by atoms with Crippen molar-refractivity contribution in [2.45, 2.75) is 38.3 Å². The second-order valence-electron chi connectivity index (χ2n) is 9.33. The summed E-state index contributed by atoms with van der Waals surface area (Å²) >= 11 is 3.29. The molecule has 1 saturated heterocycles. The maximum absolute atomic E-state index is 14.1. The fourth-order valence-electron chi connectivity index (χ4n) is 6.35. The Morgan fingerprint density at radius 3 is 2.67 bits per heavy atom. The summed E-state index contributed by atoms with van der Waals surface area (Å²) in [5.74, 6) is -1.05. The first-order chi connectivity index (χ1) is 14.5. The van der Waals surface area contributed by atoms with E-state index in [1.807, 2.05) is 0 Å². The van der Waals surface area contributed by atoms with Gasteiger partial charge in [0, 0.05) is 12.5 Å². The highest BCUT2D eigenvalue weighted by Crippen LogP contribution is 2.74. The van der Waals surface area contributed by atoms with Crippen LogP contribution < -0.4 is 10.6 Å². The Balaban J connectivity index is 1.31. The van der Waals surface area contributed by atoms with Gasteiger partial charge in [-0.15, -0.1) is 0 Å². The van der Waals surface area contributed by atoms with Gasteiger partial charge in [0.2, 0.25) is 5.91 Å². The van der Waals surface area contributed by atoms with E-state index in [4.69, 9.17) is 4.74 Å². The van der Waals surface area contributed by atoms with Gasteiger partial charge in [-0.25, -0.2) is 9.37 Å². The Kier molecular flexibility index (Phi) is 5.34. The van der Waals surface area contributed by atoms with Crippen molar-refractivity contribution in [2.24, 2.45) is 35.0 Å². The number of pyridine rings is 1. The summed E-state index contributed by atoms with van der Waals surface area (Å²) in [4.78, 5) is 30.6. The molecule has 0 radical (unpaired) electrons. The lowest BCUT2D eigenvalue weighted by molar-refractivity contribution is -0.157. The van der Waals surface area contributed by atoms with Gasteiger partial charge < -0.3 is 15.4 Å². The number of ether oxygens (including phenoxy) is 1. The molecule has 6 nitrogen and oxygen atoms in total. The zero-order valence-electron chi connectivity index (χ0n) is 16.8. The minimum absolute atomic E-state index is 0.105. The maximum atomic E-state index is 14.1. The Labute approximate surface area is 183 Å². The number of nitrogens with one attached hydrogen (secondary N) is 2. The number of carbonyl (C=O) groups excluding carboxylic acids is 2. The number of anilines is 1. The molecule has 5 rings (SSSR count). The van der Waals surface area contributed by atoms with Crippen molar-refractivity contribution in [2.75, 3.05) is 25.0 Å². The first kappa shape index (κ1) is 20.4. The molecule has 0 unspecified atom stereocenters. The van der Waals surface area contributed by atoms with Crippen molar-refractivity contribution in [1.29, 1.82) is 0 Å². The van der Waals surface area contributed by atoms with Gasteiger partial charge in [0.05, 0.1) is 30.3 Å². The maximum Gasteiger partial charge on any atom is 0.310 e. The molecule has 0 aromatic carbocycles. The largest absolute Gasteiger partial charge is 0.465 e. The van der Waals surface area contributed by atoms with Crippen LogP contribution in [0.2, 0.25) is 0 Å². The van der Waals surface area contributed by atoms with Crippen LogP contribution in [0.25, 0.3) is 0 Å². The highest BCUT2D eigenvalue weighted by atomic mass is 79.9. The van der Waals surface area contributed by atoms with Gasteiger partial charge in [0.1, 0.15) is 10.8 Å². The lowest BCUT2D eigenvalue weighted by Gasteiger charge is -2.30. The summed E-state index contributed by atoms with van der Waals surface area (Å²) in [7, 11) is 0. The molecule has 1 amide bonds. The molecule has 4 fully saturated rings. The number of carbonyl (C=O) groups is 2. The summed E-state index contributed by atoms with van der Waals surface area (Å²) in [6.45, 7) is 1.16. The number of esters is 1. The van der Waals surface area contributed by atoms with Gasteiger partial charge >= 0.3 is 5.97 Å². The molecule has 3 aliphatic carbocycles. The Morgan fingerprint density at radius 1 is 1.23 bits per heavy atom. The molecule has 2 bridgehead atoms. The van der Waals surface area contributed by atoms with E-state index < -0.39 is 12.1 Å². The van der Waals surface area contributed by atoms with Crippen molar-refractivity contribution in [3.8, 4) is 0 Å². The molecular formula is C22H27BrFN3O3. The molecule has 1 aliphatic heterocycles. The van der Waals surface area contributed by atoms with E-state index in [-0.39, 0.29) is 47.6 Å². The number of hydrogen-bond acceptors (Lipinski definition) is 5. The number of halogens is 2. The molecule has 162 valence electrons. The Hall–Kier alpha value is -1.54. The van der Waals surface area contributed by atoms with Gasteiger partial charge in [-0.3, -0.25) is 9.59 Å². The molecule has 30 heavy (non-hydrogen) atoms. The quantitative estimate of drug-likeness (QED) is 0.500. The normalized spacial score (nSPS) is 35.9. The second kappa shape index (κ2) is 7.86. The van der Waals surface area contributed by atoms with Gasteiger partial charge in [0.15, 0.2) is 0 Å². The smallest absolute Gasteiger partial charge is 0.310 e. The van der Waals surface area contributed by atoms with Crippen LogP contribution in [-0.4, -0.2) is 42.7 Å². The van der Waals surface area contributed by atoms with E-state index in [0.717, 1.165) is 32.2 Å². The summed E-state index contributed by atoms with van der Waals surface area (Å²) < 4.78 is 20.5. The summed E-state index contributed by atoms with van der Waals surface area (Å²) in [5, 5.41) is 5.98. The van der Waals surface area contributed by atoms with Gasteiger partial charge in [-0.2, -0.15) is 0 Å². The van der Waals surface area contributed by atoms with E-state index >= 15 is 0 Å². The molecular weight excluding hydrogens is 453 g/mol. The zero-order chi connectivity index (χ0) is 20.9. The third kappa shape index (κ3) is 3.45. The molecule has 1 aromatic heterocycles. The lowest BCUT2D eigenvalue weighted by atomic mass is 9.78. The minimum Gasteiger partial charge on any atom is -0.465 e. The minimum atomic E-state index is -0.995. The van der Waals surface area contributed by atoms with Crippen LogP contribution in [0.1, 0.15) is 32.1 Å². The predicted octanol–water partition coefficient (Wildman–Crippen LogP) is 3.33. The van der Waals surface area contributed by atoms with Crippen molar-refractivity contribution in [3.05, 3.63) is 22.9 Å². The molecule has 1 spiro atoms. The van der Waals surface area contributed by atoms with Crippen LogP contribution in [0, 0.1) is 35.0 Å². The van der Waals surface area contributed by atoms with Crippen LogP contribution in [0.15, 0.2) is 22.9 Å². The molecule has 3 saturated carbocycles. The molecule has 6 atom stereocenters. The summed E-state index contributed by atoms with van der Waals surface area (Å²) in [6, 6.07) is 3.57. The Morgan fingerprint density at radius 2 is 2.00 bits per heavy atom. The monoisotopic (exact) mass is 479 g/mol. The zero-order valence-corrected chi connectivity index (χ0v) is 18.4. The van der Waals surface area contributed by atoms with Crippen LogP contribution in [0.3, 0.4) is 0 Å². The molecule has 2 N–H and O–H groups in total. The van der Waals surface area contributed by atoms with Crippen LogP contribution in [-0.2, 0) is 14.3 Å². The van der Waals surface area contributed by atoms with Gasteiger partial charge in [0.25, 0.3) is 0 Å². The number of amides is 1. The second-order valence-corrected chi connectivity index (χ2v) is 10.1. The molecule has 4 aliphatic rings. The average Bonchev–Trinajstić information content (AvgIpc) is 3.41. The highest BCUT2D eigenvalue weighted by molar-refractivity contribution is 9.10. The number of hydrogen-bond donors (Lipinski definition) is 2. The Bertz CT molecular complexity index is 831. The SMILES string of the molecule is O=C(OC[C@@H]1CCNC[C@@H]1F)[C@H]1[C@H](C(=O)Nc2ccc(Br)nc2)[C@@H]2CC[C@H]1C21CC1. The van der Waals surface area contributed by atoms with E-state index in [0.29, 0.717) is 23.3 Å². The predicted molar refractivity (Wildman–Crippen MR) is 112 cm³/mol. The van der Waals surface area contributed by atoms with Crippen molar-refractivity contribution >= 4 is 33.5 Å². The standard InChI is InChI=1S/C22H27BrFN3O3/c23-17-4-1-13(9-26-17)27-20(28)18-14-2-3-15(22(14)6-7-22)19(18)21(29)30-11-12-5-8-25-10-16(12)24/h1,4,9,12,14-16,18-19,25H,2-3,5-8,10-11H2,(H,27,28)/t12-,14-,15+,16-,18+,19+/m0/s1. The van der Waals surface area contributed by atoms with E-state index in [2.05, 4.69) is 31.5 Å². The highest BCUT2D eigenvalue weighted by Gasteiger charge is 2.72. The van der Waals surface area contributed by atoms with Crippen LogP contribution >= 0.6 is 15.9 Å². The van der Waals surface area contributed by atoms with Crippen molar-refractivity contribution < 1.29 is 18.7 Å². The fraction of sp³-hybridized carbons (Fsp3) is 0.682. The van der Waals surface area contributed by atoms with E-state index in [9.17, 15) is 14.0 Å². The molecule has 1 aromatic rings. The first-order valence-corrected chi connectivity index (χ1v) is 11.7. The number of piperidine rings is 1. The third-order valence-electron chi connectivity index (χ3n) is 7.90. The molecule has 2 heterocycles. The van der Waals surface area contributed by atoms with Crippen LogP contribution in [0.4, 0.5) is 10.1 Å². The summed E-state index contributed by atoms with van der Waals surface area (Å²) in [6.07, 6.45) is 5.43. The van der Waals surface area contributed by atoms with Crippen molar-refractivity contribution in [3.63, 3.8) is 0 Å². The van der Waals surface area contributed by atoms with Crippen LogP contribution in [0.5, 0.6) is 0 Å². The topological polar surface area (TPSA) is 80.3 Å². The van der Waals surface area contributed by atoms with E-state index in [1.165, 1.54) is 0 Å². The van der Waals surface area contributed by atoms with Gasteiger partial charge in [-0.05, 0) is 84.0 Å². The summed E-state index contributed by atoms with van der Waals surface area (Å²) in [5.41, 5.74) is 0.763. The number of nitrogens with zero attached hydrogens (tertiary/aromatic N) is 1. The van der Waals surface area contributed by atoms with Crippen molar-refractivity contribution in [1.82, 2.24) is 10.3 Å². The lowest BCUT2D eigenvalue weighted by Crippen LogP contribution is -2.42. The number of rotatable bonds is 5. The molecule has 8 heteroatoms. The first-order valence-electron chi connectivity index (χ1n) is 10.9.